The van der Waals surface area contributed by atoms with Crippen LogP contribution in [-0.4, -0.2) is 58.9 Å². The van der Waals surface area contributed by atoms with Gasteiger partial charge in [-0.1, -0.05) is 0 Å². The molecule has 2 aliphatic rings. The van der Waals surface area contributed by atoms with Gasteiger partial charge in [0.25, 0.3) is 0 Å². The van der Waals surface area contributed by atoms with Gasteiger partial charge in [0.15, 0.2) is 0 Å². The summed E-state index contributed by atoms with van der Waals surface area (Å²) in [6.07, 6.45) is 2.00. The van der Waals surface area contributed by atoms with Crippen LogP contribution >= 0.6 is 0 Å². The number of likely N-dealkylation sites (N-methyl/N-ethyl adjacent to an activating group) is 1. The molecule has 2 unspecified atom stereocenters. The van der Waals surface area contributed by atoms with Gasteiger partial charge in [-0.2, -0.15) is 0 Å². The number of carboxylic acids is 1. The van der Waals surface area contributed by atoms with Crippen LogP contribution in [0.2, 0.25) is 0 Å². The van der Waals surface area contributed by atoms with Crippen LogP contribution in [0, 0.1) is 5.92 Å². The number of hydrogen-bond acceptors (Lipinski definition) is 4. The van der Waals surface area contributed by atoms with Gasteiger partial charge in [-0.05, 0) is 25.3 Å². The van der Waals surface area contributed by atoms with Crippen molar-refractivity contribution in [3.8, 4) is 0 Å². The highest BCUT2D eigenvalue weighted by Crippen LogP contribution is 2.27. The second kappa shape index (κ2) is 5.06. The summed E-state index contributed by atoms with van der Waals surface area (Å²) in [6.45, 7) is 1.51. The predicted molar refractivity (Wildman–Crippen MR) is 62.7 cm³/mol. The fraction of sp³-hybridized carbons (Fsp3) is 0.750. The molecular formula is C12H18N2O4. The van der Waals surface area contributed by atoms with Crippen LogP contribution in [0.1, 0.15) is 25.7 Å². The summed E-state index contributed by atoms with van der Waals surface area (Å²) in [7, 11) is 1.52. The summed E-state index contributed by atoms with van der Waals surface area (Å²) in [6, 6.07) is -0.322. The Labute approximate surface area is 106 Å². The third kappa shape index (κ3) is 2.53. The molecule has 0 spiro atoms. The van der Waals surface area contributed by atoms with Crippen molar-refractivity contribution < 1.29 is 19.5 Å². The quantitative estimate of drug-likeness (QED) is 0.711. The van der Waals surface area contributed by atoms with Crippen molar-refractivity contribution in [2.45, 2.75) is 31.7 Å². The Bertz CT molecular complexity index is 382. The lowest BCUT2D eigenvalue weighted by atomic mass is 10.0. The first-order valence-corrected chi connectivity index (χ1v) is 6.25. The van der Waals surface area contributed by atoms with Gasteiger partial charge in [-0.3, -0.25) is 24.2 Å². The van der Waals surface area contributed by atoms with Crippen LogP contribution in [0.15, 0.2) is 0 Å². The topological polar surface area (TPSA) is 77.9 Å². The second-order valence-corrected chi connectivity index (χ2v) is 5.09. The molecule has 0 saturated carbocycles. The van der Waals surface area contributed by atoms with Crippen molar-refractivity contribution in [1.29, 1.82) is 0 Å². The fourth-order valence-corrected chi connectivity index (χ4v) is 2.73. The molecule has 2 atom stereocenters. The third-order valence-corrected chi connectivity index (χ3v) is 3.88. The Morgan fingerprint density at radius 3 is 2.72 bits per heavy atom. The molecule has 0 radical (unpaired) electrons. The van der Waals surface area contributed by atoms with E-state index in [1.807, 2.05) is 4.90 Å². The molecule has 0 bridgehead atoms. The molecule has 2 rings (SSSR count). The van der Waals surface area contributed by atoms with Crippen molar-refractivity contribution in [3.05, 3.63) is 0 Å². The molecule has 6 heteroatoms. The maximum atomic E-state index is 11.8. The minimum Gasteiger partial charge on any atom is -0.481 e. The second-order valence-electron chi connectivity index (χ2n) is 5.09. The highest BCUT2D eigenvalue weighted by Gasteiger charge is 2.41. The monoisotopic (exact) mass is 254 g/mol. The molecule has 0 aliphatic carbocycles. The van der Waals surface area contributed by atoms with Crippen LogP contribution < -0.4 is 0 Å². The summed E-state index contributed by atoms with van der Waals surface area (Å²) < 4.78 is 0. The van der Waals surface area contributed by atoms with E-state index in [1.165, 1.54) is 11.9 Å². The zero-order chi connectivity index (χ0) is 13.3. The van der Waals surface area contributed by atoms with Crippen molar-refractivity contribution in [1.82, 2.24) is 9.80 Å². The number of carbonyl (C=O) groups is 3. The standard InChI is InChI=1S/C12H18N2O4/c1-13-10(15)6-9(12(13)18)14-5-4-8(7-14)2-3-11(16)17/h8-9H,2-7H2,1H3,(H,16,17). The minimum absolute atomic E-state index is 0.126. The number of carboxylic acid groups (broad SMARTS) is 1. The lowest BCUT2D eigenvalue weighted by Crippen LogP contribution is -2.39. The molecule has 100 valence electrons. The van der Waals surface area contributed by atoms with Gasteiger partial charge in [0.1, 0.15) is 0 Å². The number of aliphatic carboxylic acids is 1. The highest BCUT2D eigenvalue weighted by atomic mass is 16.4. The maximum Gasteiger partial charge on any atom is 0.303 e. The molecule has 18 heavy (non-hydrogen) atoms. The van der Waals surface area contributed by atoms with E-state index < -0.39 is 5.97 Å². The lowest BCUT2D eigenvalue weighted by Gasteiger charge is -2.21. The number of rotatable bonds is 4. The minimum atomic E-state index is -0.777. The smallest absolute Gasteiger partial charge is 0.303 e. The Morgan fingerprint density at radius 2 is 2.17 bits per heavy atom. The zero-order valence-corrected chi connectivity index (χ0v) is 10.5. The van der Waals surface area contributed by atoms with Crippen molar-refractivity contribution in [2.75, 3.05) is 20.1 Å². The van der Waals surface area contributed by atoms with E-state index in [-0.39, 0.29) is 30.7 Å². The fourth-order valence-electron chi connectivity index (χ4n) is 2.73. The first-order valence-electron chi connectivity index (χ1n) is 6.25. The van der Waals surface area contributed by atoms with E-state index >= 15 is 0 Å². The van der Waals surface area contributed by atoms with Crippen LogP contribution in [0.4, 0.5) is 0 Å². The van der Waals surface area contributed by atoms with E-state index in [1.54, 1.807) is 0 Å². The largest absolute Gasteiger partial charge is 0.481 e. The van der Waals surface area contributed by atoms with E-state index in [0.29, 0.717) is 12.3 Å². The third-order valence-electron chi connectivity index (χ3n) is 3.88. The molecule has 0 aromatic heterocycles. The first kappa shape index (κ1) is 13.0. The van der Waals surface area contributed by atoms with Gasteiger partial charge in [0.2, 0.25) is 11.8 Å². The molecular weight excluding hydrogens is 236 g/mol. The highest BCUT2D eigenvalue weighted by molar-refractivity contribution is 6.05. The molecule has 0 aromatic carbocycles. The number of likely N-dealkylation sites (tertiary alicyclic amines) is 2. The first-order chi connectivity index (χ1) is 8.49. The van der Waals surface area contributed by atoms with Crippen LogP contribution in [0.25, 0.3) is 0 Å². The molecule has 2 amide bonds. The van der Waals surface area contributed by atoms with Crippen LogP contribution in [0.5, 0.6) is 0 Å². The van der Waals surface area contributed by atoms with E-state index in [9.17, 15) is 14.4 Å². The summed E-state index contributed by atoms with van der Waals surface area (Å²) in [5.74, 6) is -0.701. The summed E-state index contributed by atoms with van der Waals surface area (Å²) in [5.41, 5.74) is 0. The number of imide groups is 1. The van der Waals surface area contributed by atoms with E-state index in [0.717, 1.165) is 19.5 Å². The lowest BCUT2D eigenvalue weighted by molar-refractivity contribution is -0.139. The van der Waals surface area contributed by atoms with Gasteiger partial charge in [0, 0.05) is 20.0 Å². The van der Waals surface area contributed by atoms with Crippen LogP contribution in [-0.2, 0) is 14.4 Å². The van der Waals surface area contributed by atoms with Gasteiger partial charge < -0.3 is 5.11 Å². The molecule has 1 N–H and O–H groups in total. The molecule has 0 aromatic rings. The number of carbonyl (C=O) groups excluding carboxylic acids is 2. The van der Waals surface area contributed by atoms with Gasteiger partial charge in [-0.15, -0.1) is 0 Å². The Balaban J connectivity index is 1.87. The van der Waals surface area contributed by atoms with Crippen LogP contribution in [0.3, 0.4) is 0 Å². The van der Waals surface area contributed by atoms with Gasteiger partial charge >= 0.3 is 5.97 Å². The number of nitrogens with zero attached hydrogens (tertiary/aromatic N) is 2. The Hall–Kier alpha value is -1.43. The Morgan fingerprint density at radius 1 is 1.44 bits per heavy atom. The molecule has 2 saturated heterocycles. The average molecular weight is 254 g/mol. The predicted octanol–water partition coefficient (Wildman–Crippen LogP) is -0.0696. The summed E-state index contributed by atoms with van der Waals surface area (Å²) in [4.78, 5) is 37.0. The Kier molecular flexibility index (Phi) is 3.65. The summed E-state index contributed by atoms with van der Waals surface area (Å²) in [5, 5.41) is 8.64. The van der Waals surface area contributed by atoms with Crippen molar-refractivity contribution >= 4 is 17.8 Å². The molecule has 2 heterocycles. The van der Waals surface area contributed by atoms with Crippen molar-refractivity contribution in [2.24, 2.45) is 5.92 Å². The zero-order valence-electron chi connectivity index (χ0n) is 10.5. The van der Waals surface area contributed by atoms with Gasteiger partial charge in [0.05, 0.1) is 12.5 Å². The molecule has 2 aliphatic heterocycles. The number of amides is 2. The maximum absolute atomic E-state index is 11.8. The van der Waals surface area contributed by atoms with Crippen molar-refractivity contribution in [3.63, 3.8) is 0 Å². The normalized spacial score (nSPS) is 29.3. The van der Waals surface area contributed by atoms with E-state index in [4.69, 9.17) is 5.11 Å². The number of hydrogen-bond donors (Lipinski definition) is 1. The van der Waals surface area contributed by atoms with E-state index in [2.05, 4.69) is 0 Å². The SMILES string of the molecule is CN1C(=O)CC(N2CCC(CCC(=O)O)C2)C1=O. The molecule has 2 fully saturated rings. The van der Waals surface area contributed by atoms with Gasteiger partial charge in [-0.25, -0.2) is 0 Å². The average Bonchev–Trinajstić information content (AvgIpc) is 2.87. The molecule has 6 nitrogen and oxygen atoms in total. The summed E-state index contributed by atoms with van der Waals surface area (Å²) >= 11 is 0.